The van der Waals surface area contributed by atoms with Gasteiger partial charge >= 0.3 is 11.8 Å². The highest BCUT2D eigenvalue weighted by molar-refractivity contribution is 6.40. The van der Waals surface area contributed by atoms with Gasteiger partial charge in [-0.3, -0.25) is 14.4 Å². The highest BCUT2D eigenvalue weighted by Crippen LogP contribution is 2.20. The first-order valence-electron chi connectivity index (χ1n) is 9.78. The first kappa shape index (κ1) is 21.6. The Bertz CT molecular complexity index is 932. The molecule has 8 heteroatoms. The number of likely N-dealkylation sites (tertiary alicyclic amines) is 1. The molecule has 30 heavy (non-hydrogen) atoms. The fraction of sp³-hybridized carbons (Fsp3) is 0.318. The van der Waals surface area contributed by atoms with Crippen molar-refractivity contribution in [3.63, 3.8) is 0 Å². The number of piperidine rings is 1. The topological polar surface area (TPSA) is 91.7 Å². The number of aryl methyl sites for hydroxylation is 1. The summed E-state index contributed by atoms with van der Waals surface area (Å²) in [6.07, 6.45) is 6.23. The van der Waals surface area contributed by atoms with Crippen LogP contribution in [0.25, 0.3) is 6.08 Å². The zero-order chi connectivity index (χ0) is 21.5. The number of hydrogen-bond donors (Lipinski definition) is 2. The summed E-state index contributed by atoms with van der Waals surface area (Å²) in [7, 11) is 0. The third-order valence-corrected chi connectivity index (χ3v) is 5.30. The Morgan fingerprint density at radius 1 is 1.20 bits per heavy atom. The molecule has 1 aromatic heterocycles. The van der Waals surface area contributed by atoms with E-state index in [9.17, 15) is 14.4 Å². The number of hydrogen-bond acceptors (Lipinski definition) is 4. The SMILES string of the molecule is Cc1ccc(Cl)cc1NC(=O)C(=O)NCC1CCN(C(=O)/C=C/c2ccco2)CC1. The van der Waals surface area contributed by atoms with E-state index in [0.29, 0.717) is 36.1 Å². The van der Waals surface area contributed by atoms with Gasteiger partial charge in [-0.2, -0.15) is 0 Å². The van der Waals surface area contributed by atoms with Crippen molar-refractivity contribution < 1.29 is 18.8 Å². The van der Waals surface area contributed by atoms with Crippen LogP contribution >= 0.6 is 11.6 Å². The van der Waals surface area contributed by atoms with Crippen molar-refractivity contribution in [2.24, 2.45) is 5.92 Å². The maximum atomic E-state index is 12.2. The van der Waals surface area contributed by atoms with Crippen molar-refractivity contribution in [1.82, 2.24) is 10.2 Å². The molecule has 0 unspecified atom stereocenters. The van der Waals surface area contributed by atoms with Crippen molar-refractivity contribution in [1.29, 1.82) is 0 Å². The molecule has 158 valence electrons. The largest absolute Gasteiger partial charge is 0.465 e. The van der Waals surface area contributed by atoms with E-state index in [4.69, 9.17) is 16.0 Å². The second kappa shape index (κ2) is 10.1. The van der Waals surface area contributed by atoms with Crippen LogP contribution < -0.4 is 10.6 Å². The highest BCUT2D eigenvalue weighted by atomic mass is 35.5. The first-order chi connectivity index (χ1) is 14.4. The van der Waals surface area contributed by atoms with Crippen LogP contribution in [-0.2, 0) is 14.4 Å². The molecule has 3 rings (SSSR count). The van der Waals surface area contributed by atoms with E-state index in [1.165, 1.54) is 6.08 Å². The average Bonchev–Trinajstić information content (AvgIpc) is 3.27. The molecule has 1 aliphatic rings. The predicted octanol–water partition coefficient (Wildman–Crippen LogP) is 3.25. The van der Waals surface area contributed by atoms with Crippen molar-refractivity contribution in [3.05, 3.63) is 59.0 Å². The molecule has 0 bridgehead atoms. The number of furan rings is 1. The molecular formula is C22H24ClN3O4. The fourth-order valence-corrected chi connectivity index (χ4v) is 3.40. The first-order valence-corrected chi connectivity index (χ1v) is 10.2. The minimum absolute atomic E-state index is 0.0647. The van der Waals surface area contributed by atoms with E-state index in [-0.39, 0.29) is 11.8 Å². The normalized spacial score (nSPS) is 14.7. The molecule has 0 saturated carbocycles. The molecule has 3 amide bonds. The number of benzene rings is 1. The lowest BCUT2D eigenvalue weighted by molar-refractivity contribution is -0.136. The van der Waals surface area contributed by atoms with E-state index in [2.05, 4.69) is 10.6 Å². The predicted molar refractivity (Wildman–Crippen MR) is 115 cm³/mol. The maximum absolute atomic E-state index is 12.2. The van der Waals surface area contributed by atoms with Gasteiger partial charge in [0.1, 0.15) is 5.76 Å². The Morgan fingerprint density at radius 2 is 1.97 bits per heavy atom. The summed E-state index contributed by atoms with van der Waals surface area (Å²) in [5.41, 5.74) is 1.33. The number of nitrogens with one attached hydrogen (secondary N) is 2. The number of rotatable bonds is 5. The summed E-state index contributed by atoms with van der Waals surface area (Å²) >= 11 is 5.93. The summed E-state index contributed by atoms with van der Waals surface area (Å²) in [6.45, 7) is 3.43. The molecule has 7 nitrogen and oxygen atoms in total. The van der Waals surface area contributed by atoms with Gasteiger partial charge in [-0.05, 0) is 61.6 Å². The Labute approximate surface area is 180 Å². The van der Waals surface area contributed by atoms with E-state index in [1.807, 2.05) is 6.92 Å². The van der Waals surface area contributed by atoms with Gasteiger partial charge in [0.2, 0.25) is 5.91 Å². The minimum atomic E-state index is -0.726. The van der Waals surface area contributed by atoms with Crippen molar-refractivity contribution in [2.75, 3.05) is 25.0 Å². The van der Waals surface area contributed by atoms with Crippen molar-refractivity contribution in [2.45, 2.75) is 19.8 Å². The average molecular weight is 430 g/mol. The van der Waals surface area contributed by atoms with Gasteiger partial charge in [-0.1, -0.05) is 17.7 Å². The highest BCUT2D eigenvalue weighted by Gasteiger charge is 2.23. The van der Waals surface area contributed by atoms with E-state index in [0.717, 1.165) is 18.4 Å². The molecule has 1 fully saturated rings. The molecule has 2 heterocycles. The van der Waals surface area contributed by atoms with Crippen LogP contribution in [0, 0.1) is 12.8 Å². The second-order valence-electron chi connectivity index (χ2n) is 7.24. The molecular weight excluding hydrogens is 406 g/mol. The molecule has 0 aliphatic carbocycles. The fourth-order valence-electron chi connectivity index (χ4n) is 3.23. The number of carbonyl (C=O) groups excluding carboxylic acids is 3. The minimum Gasteiger partial charge on any atom is -0.465 e. The summed E-state index contributed by atoms with van der Waals surface area (Å²) in [4.78, 5) is 38.3. The van der Waals surface area contributed by atoms with Crippen molar-refractivity contribution in [3.8, 4) is 0 Å². The molecule has 2 N–H and O–H groups in total. The number of anilines is 1. The van der Waals surface area contributed by atoms with Gasteiger partial charge in [0.05, 0.1) is 6.26 Å². The summed E-state index contributed by atoms with van der Waals surface area (Å²) in [5, 5.41) is 5.75. The maximum Gasteiger partial charge on any atom is 0.313 e. The Morgan fingerprint density at radius 3 is 2.67 bits per heavy atom. The molecule has 0 atom stereocenters. The zero-order valence-corrected chi connectivity index (χ0v) is 17.4. The Balaban J connectivity index is 1.40. The van der Waals surface area contributed by atoms with Crippen LogP contribution in [0.3, 0.4) is 0 Å². The summed E-state index contributed by atoms with van der Waals surface area (Å²) in [5.74, 6) is -0.629. The van der Waals surface area contributed by atoms with E-state index in [1.54, 1.807) is 47.6 Å². The molecule has 1 aliphatic heterocycles. The van der Waals surface area contributed by atoms with Gasteiger partial charge in [-0.25, -0.2) is 0 Å². The van der Waals surface area contributed by atoms with Crippen LogP contribution in [0.15, 0.2) is 47.1 Å². The van der Waals surface area contributed by atoms with E-state index < -0.39 is 11.8 Å². The lowest BCUT2D eigenvalue weighted by atomic mass is 9.96. The second-order valence-corrected chi connectivity index (χ2v) is 7.68. The van der Waals surface area contributed by atoms with Crippen LogP contribution in [0.1, 0.15) is 24.2 Å². The summed E-state index contributed by atoms with van der Waals surface area (Å²) in [6, 6.07) is 8.64. The quantitative estimate of drug-likeness (QED) is 0.563. The lowest BCUT2D eigenvalue weighted by Gasteiger charge is -2.31. The van der Waals surface area contributed by atoms with Crippen molar-refractivity contribution >= 4 is 41.1 Å². The van der Waals surface area contributed by atoms with Gasteiger partial charge in [0.15, 0.2) is 0 Å². The number of carbonyl (C=O) groups is 3. The third-order valence-electron chi connectivity index (χ3n) is 5.06. The molecule has 1 aromatic carbocycles. The number of amides is 3. The van der Waals surface area contributed by atoms with Crippen LogP contribution in [0.5, 0.6) is 0 Å². The van der Waals surface area contributed by atoms with Gasteiger partial charge in [0.25, 0.3) is 0 Å². The monoisotopic (exact) mass is 429 g/mol. The number of nitrogens with zero attached hydrogens (tertiary/aromatic N) is 1. The van der Waals surface area contributed by atoms with Crippen LogP contribution in [-0.4, -0.2) is 42.3 Å². The van der Waals surface area contributed by atoms with Gasteiger partial charge in [0, 0.05) is 36.4 Å². The lowest BCUT2D eigenvalue weighted by Crippen LogP contribution is -2.43. The Hall–Kier alpha value is -3.06. The number of halogens is 1. The Kier molecular flexibility index (Phi) is 7.30. The molecule has 2 aromatic rings. The molecule has 1 saturated heterocycles. The van der Waals surface area contributed by atoms with Gasteiger partial charge in [-0.15, -0.1) is 0 Å². The smallest absolute Gasteiger partial charge is 0.313 e. The standard InChI is InChI=1S/C22H24ClN3O4/c1-15-4-5-17(23)13-19(15)25-22(29)21(28)24-14-16-8-10-26(11-9-16)20(27)7-6-18-3-2-12-30-18/h2-7,12-13,16H,8-11,14H2,1H3,(H,24,28)(H,25,29)/b7-6+. The molecule has 0 spiro atoms. The summed E-state index contributed by atoms with van der Waals surface area (Å²) < 4.78 is 5.17. The van der Waals surface area contributed by atoms with Crippen LogP contribution in [0.2, 0.25) is 5.02 Å². The van der Waals surface area contributed by atoms with Gasteiger partial charge < -0.3 is 20.0 Å². The van der Waals surface area contributed by atoms with Crippen LogP contribution in [0.4, 0.5) is 5.69 Å². The molecule has 0 radical (unpaired) electrons. The third kappa shape index (κ3) is 5.97. The zero-order valence-electron chi connectivity index (χ0n) is 16.7. The van der Waals surface area contributed by atoms with E-state index >= 15 is 0 Å².